The number of carbonyl (C=O) groups excluding carboxylic acids is 3. The molecule has 0 bridgehead atoms. The number of hydrogen-bond acceptors (Lipinski definition) is 6. The molecular formula is C25H30O6. The summed E-state index contributed by atoms with van der Waals surface area (Å²) in [6.07, 6.45) is 1.50. The van der Waals surface area contributed by atoms with E-state index in [1.165, 1.54) is 21.0 Å². The summed E-state index contributed by atoms with van der Waals surface area (Å²) >= 11 is 0. The summed E-state index contributed by atoms with van der Waals surface area (Å²) in [4.78, 5) is 36.0. The smallest absolute Gasteiger partial charge is 0.341 e. The molecule has 0 aliphatic heterocycles. The van der Waals surface area contributed by atoms with Crippen LogP contribution >= 0.6 is 0 Å². The fraction of sp³-hybridized carbons (Fsp3) is 0.400. The van der Waals surface area contributed by atoms with E-state index in [0.29, 0.717) is 12.0 Å². The van der Waals surface area contributed by atoms with E-state index >= 15 is 0 Å². The molecule has 0 saturated carbocycles. The molecule has 0 aliphatic carbocycles. The summed E-state index contributed by atoms with van der Waals surface area (Å²) in [6.45, 7) is 8.71. The van der Waals surface area contributed by atoms with Gasteiger partial charge >= 0.3 is 17.9 Å². The van der Waals surface area contributed by atoms with E-state index in [0.717, 1.165) is 28.7 Å². The van der Waals surface area contributed by atoms with E-state index in [1.807, 2.05) is 26.0 Å². The van der Waals surface area contributed by atoms with Gasteiger partial charge in [-0.1, -0.05) is 43.7 Å². The summed E-state index contributed by atoms with van der Waals surface area (Å²) in [7, 11) is 1.28. The highest BCUT2D eigenvalue weighted by atomic mass is 16.5. The first-order valence-electron chi connectivity index (χ1n) is 10.4. The molecule has 0 N–H and O–H groups in total. The molecule has 0 radical (unpaired) electrons. The number of esters is 3. The van der Waals surface area contributed by atoms with Crippen LogP contribution in [0, 0.1) is 6.92 Å². The zero-order chi connectivity index (χ0) is 23.1. The van der Waals surface area contributed by atoms with Crippen molar-refractivity contribution in [3.05, 3.63) is 63.7 Å². The van der Waals surface area contributed by atoms with Crippen molar-refractivity contribution in [2.24, 2.45) is 0 Å². The Morgan fingerprint density at radius 3 is 2.10 bits per heavy atom. The lowest BCUT2D eigenvalue weighted by atomic mass is 9.86. The van der Waals surface area contributed by atoms with Crippen LogP contribution in [0.15, 0.2) is 30.3 Å². The molecular weight excluding hydrogens is 396 g/mol. The summed E-state index contributed by atoms with van der Waals surface area (Å²) in [5.74, 6) is -1.87. The van der Waals surface area contributed by atoms with Crippen LogP contribution in [0.2, 0.25) is 0 Å². The van der Waals surface area contributed by atoms with Gasteiger partial charge in [-0.25, -0.2) is 4.79 Å². The molecule has 166 valence electrons. The predicted octanol–water partition coefficient (Wildman–Crippen LogP) is 4.53. The molecule has 6 heteroatoms. The van der Waals surface area contributed by atoms with Gasteiger partial charge in [-0.15, -0.1) is 0 Å². The summed E-state index contributed by atoms with van der Waals surface area (Å²) in [5, 5.41) is 0. The van der Waals surface area contributed by atoms with Crippen LogP contribution in [0.25, 0.3) is 0 Å². The Morgan fingerprint density at radius 2 is 1.55 bits per heavy atom. The Morgan fingerprint density at radius 1 is 0.903 bits per heavy atom. The summed E-state index contributed by atoms with van der Waals surface area (Å²) < 4.78 is 15.8. The van der Waals surface area contributed by atoms with Crippen molar-refractivity contribution in [3.63, 3.8) is 0 Å². The number of ether oxygens (including phenoxy) is 3. The summed E-state index contributed by atoms with van der Waals surface area (Å²) in [5.41, 5.74) is 4.76. The van der Waals surface area contributed by atoms with Crippen molar-refractivity contribution < 1.29 is 28.6 Å². The molecule has 2 aromatic rings. The van der Waals surface area contributed by atoms with E-state index in [4.69, 9.17) is 14.2 Å². The molecule has 0 spiro atoms. The van der Waals surface area contributed by atoms with Crippen LogP contribution in [0.5, 0.6) is 5.75 Å². The zero-order valence-corrected chi connectivity index (χ0v) is 19.0. The SMILES string of the molecule is CCc1cc(C)cc(C(COC(C)=O)c2cc(CC)cc(C(=O)OC)c2OC(C)=O)c1. The summed E-state index contributed by atoms with van der Waals surface area (Å²) in [6, 6.07) is 9.73. The standard InChI is InChI=1S/C25H30O6/c1-7-18-9-15(3)10-20(11-18)23(14-30-16(4)26)21-12-19(8-2)13-22(25(28)29-6)24(21)31-17(5)27/h9-13,23H,7-8,14H2,1-6H3. The maximum Gasteiger partial charge on any atom is 0.341 e. The van der Waals surface area contributed by atoms with Crippen molar-refractivity contribution in [1.29, 1.82) is 0 Å². The van der Waals surface area contributed by atoms with Crippen molar-refractivity contribution >= 4 is 17.9 Å². The number of hydrogen-bond donors (Lipinski definition) is 0. The second-order valence-electron chi connectivity index (χ2n) is 7.46. The second-order valence-corrected chi connectivity index (χ2v) is 7.46. The van der Waals surface area contributed by atoms with Gasteiger partial charge in [0.15, 0.2) is 0 Å². The Bertz CT molecular complexity index is 976. The largest absolute Gasteiger partial charge is 0.465 e. The highest BCUT2D eigenvalue weighted by molar-refractivity contribution is 5.94. The Kier molecular flexibility index (Phi) is 8.37. The predicted molar refractivity (Wildman–Crippen MR) is 118 cm³/mol. The van der Waals surface area contributed by atoms with Crippen LogP contribution in [0.4, 0.5) is 0 Å². The quantitative estimate of drug-likeness (QED) is 0.456. The lowest BCUT2D eigenvalue weighted by molar-refractivity contribution is -0.141. The number of aryl methyl sites for hydroxylation is 3. The lowest BCUT2D eigenvalue weighted by Crippen LogP contribution is -2.18. The van der Waals surface area contributed by atoms with E-state index < -0.39 is 23.8 Å². The molecule has 0 heterocycles. The van der Waals surface area contributed by atoms with Crippen LogP contribution in [-0.4, -0.2) is 31.6 Å². The zero-order valence-electron chi connectivity index (χ0n) is 19.0. The third-order valence-corrected chi connectivity index (χ3v) is 5.04. The molecule has 6 nitrogen and oxygen atoms in total. The normalized spacial score (nSPS) is 11.5. The van der Waals surface area contributed by atoms with Gasteiger partial charge in [0, 0.05) is 25.3 Å². The molecule has 2 rings (SSSR count). The first kappa shape index (κ1) is 24.1. The number of benzene rings is 2. The molecule has 2 aromatic carbocycles. The molecule has 31 heavy (non-hydrogen) atoms. The van der Waals surface area contributed by atoms with Gasteiger partial charge in [0.05, 0.1) is 7.11 Å². The van der Waals surface area contributed by atoms with Crippen molar-refractivity contribution in [1.82, 2.24) is 0 Å². The van der Waals surface area contributed by atoms with E-state index in [1.54, 1.807) is 6.07 Å². The number of carbonyl (C=O) groups is 3. The first-order valence-corrected chi connectivity index (χ1v) is 10.4. The Hall–Kier alpha value is -3.15. The van der Waals surface area contributed by atoms with Gasteiger partial charge in [0.25, 0.3) is 0 Å². The molecule has 0 saturated heterocycles. The van der Waals surface area contributed by atoms with Gasteiger partial charge in [-0.05, 0) is 42.5 Å². The average Bonchev–Trinajstić information content (AvgIpc) is 2.72. The van der Waals surface area contributed by atoms with Crippen molar-refractivity contribution in [2.45, 2.75) is 53.4 Å². The second kappa shape index (κ2) is 10.8. The third kappa shape index (κ3) is 6.17. The van der Waals surface area contributed by atoms with Crippen molar-refractivity contribution in [3.8, 4) is 5.75 Å². The van der Waals surface area contributed by atoms with Crippen LogP contribution in [0.1, 0.15) is 71.8 Å². The van der Waals surface area contributed by atoms with Gasteiger partial charge in [0.2, 0.25) is 0 Å². The molecule has 0 amide bonds. The molecule has 0 fully saturated rings. The fourth-order valence-corrected chi connectivity index (χ4v) is 3.56. The maximum absolute atomic E-state index is 12.5. The fourth-order valence-electron chi connectivity index (χ4n) is 3.56. The van der Waals surface area contributed by atoms with Gasteiger partial charge in [0.1, 0.15) is 17.9 Å². The van der Waals surface area contributed by atoms with E-state index in [-0.39, 0.29) is 17.9 Å². The van der Waals surface area contributed by atoms with Gasteiger partial charge in [-0.3, -0.25) is 9.59 Å². The topological polar surface area (TPSA) is 78.9 Å². The van der Waals surface area contributed by atoms with E-state index in [9.17, 15) is 14.4 Å². The molecule has 1 atom stereocenters. The highest BCUT2D eigenvalue weighted by Gasteiger charge is 2.27. The minimum absolute atomic E-state index is 0.0456. The first-order chi connectivity index (χ1) is 14.7. The van der Waals surface area contributed by atoms with Crippen molar-refractivity contribution in [2.75, 3.05) is 13.7 Å². The molecule has 1 unspecified atom stereocenters. The molecule has 0 aromatic heterocycles. The van der Waals surface area contributed by atoms with E-state index in [2.05, 4.69) is 19.1 Å². The highest BCUT2D eigenvalue weighted by Crippen LogP contribution is 2.37. The van der Waals surface area contributed by atoms with Gasteiger partial charge in [-0.2, -0.15) is 0 Å². The average molecular weight is 427 g/mol. The Labute approximate surface area is 183 Å². The minimum Gasteiger partial charge on any atom is -0.465 e. The maximum atomic E-state index is 12.5. The lowest BCUT2D eigenvalue weighted by Gasteiger charge is -2.23. The van der Waals surface area contributed by atoms with Crippen LogP contribution in [0.3, 0.4) is 0 Å². The third-order valence-electron chi connectivity index (χ3n) is 5.04. The van der Waals surface area contributed by atoms with Crippen LogP contribution in [-0.2, 0) is 31.9 Å². The van der Waals surface area contributed by atoms with Crippen LogP contribution < -0.4 is 4.74 Å². The molecule has 0 aliphatic rings. The number of methoxy groups -OCH3 is 1. The minimum atomic E-state index is -0.600. The monoisotopic (exact) mass is 426 g/mol. The Balaban J connectivity index is 2.81. The van der Waals surface area contributed by atoms with Gasteiger partial charge < -0.3 is 14.2 Å². The number of rotatable bonds is 8.